The van der Waals surface area contributed by atoms with E-state index in [0.717, 1.165) is 25.0 Å². The summed E-state index contributed by atoms with van der Waals surface area (Å²) in [6.45, 7) is 4.85. The second kappa shape index (κ2) is 6.88. The van der Waals surface area contributed by atoms with Gasteiger partial charge in [-0.05, 0) is 30.0 Å². The van der Waals surface area contributed by atoms with Gasteiger partial charge in [0.1, 0.15) is 0 Å². The standard InChI is InChI=1S/C16H20N2O/c1-3-13-5-7-14(8-6-13)11-12-19-16-10-9-15(4-2)17-18-16/h5-10H,3-4,11-12H2,1-2H3. The molecule has 0 saturated carbocycles. The molecule has 0 fully saturated rings. The minimum Gasteiger partial charge on any atom is -0.476 e. The number of rotatable bonds is 6. The van der Waals surface area contributed by atoms with Crippen molar-refractivity contribution in [3.8, 4) is 5.88 Å². The predicted molar refractivity (Wildman–Crippen MR) is 76.4 cm³/mol. The van der Waals surface area contributed by atoms with Crippen LogP contribution in [0.1, 0.15) is 30.7 Å². The Labute approximate surface area is 114 Å². The normalized spacial score (nSPS) is 10.4. The van der Waals surface area contributed by atoms with E-state index in [1.165, 1.54) is 11.1 Å². The van der Waals surface area contributed by atoms with Gasteiger partial charge >= 0.3 is 0 Å². The molecule has 0 radical (unpaired) electrons. The Balaban J connectivity index is 1.81. The fraction of sp³-hybridized carbons (Fsp3) is 0.375. The van der Waals surface area contributed by atoms with Crippen molar-refractivity contribution in [3.05, 3.63) is 53.2 Å². The molecule has 19 heavy (non-hydrogen) atoms. The lowest BCUT2D eigenvalue weighted by molar-refractivity contribution is 0.305. The summed E-state index contributed by atoms with van der Waals surface area (Å²) in [4.78, 5) is 0. The van der Waals surface area contributed by atoms with Crippen LogP contribution in [0.4, 0.5) is 0 Å². The van der Waals surface area contributed by atoms with Crippen LogP contribution in [0.5, 0.6) is 5.88 Å². The third-order valence-electron chi connectivity index (χ3n) is 3.13. The molecule has 0 atom stereocenters. The van der Waals surface area contributed by atoms with E-state index in [2.05, 4.69) is 48.3 Å². The lowest BCUT2D eigenvalue weighted by atomic mass is 10.1. The fourth-order valence-corrected chi connectivity index (χ4v) is 1.83. The van der Waals surface area contributed by atoms with Crippen molar-refractivity contribution in [2.75, 3.05) is 6.61 Å². The summed E-state index contributed by atoms with van der Waals surface area (Å²) in [6, 6.07) is 12.5. The van der Waals surface area contributed by atoms with Crippen LogP contribution in [-0.2, 0) is 19.3 Å². The number of aryl methyl sites for hydroxylation is 2. The molecule has 0 bridgehead atoms. The number of benzene rings is 1. The van der Waals surface area contributed by atoms with Crippen LogP contribution < -0.4 is 4.74 Å². The second-order valence-electron chi connectivity index (χ2n) is 4.48. The molecule has 1 aromatic heterocycles. The van der Waals surface area contributed by atoms with Gasteiger partial charge in [-0.1, -0.05) is 38.1 Å². The highest BCUT2D eigenvalue weighted by atomic mass is 16.5. The van der Waals surface area contributed by atoms with Gasteiger partial charge in [0, 0.05) is 12.5 Å². The molecule has 0 aliphatic rings. The van der Waals surface area contributed by atoms with Crippen molar-refractivity contribution >= 4 is 0 Å². The number of hydrogen-bond acceptors (Lipinski definition) is 3. The van der Waals surface area contributed by atoms with Gasteiger partial charge in [0.15, 0.2) is 0 Å². The highest BCUT2D eigenvalue weighted by molar-refractivity contribution is 5.22. The highest BCUT2D eigenvalue weighted by Crippen LogP contribution is 2.08. The molecular formula is C16H20N2O. The van der Waals surface area contributed by atoms with Gasteiger partial charge in [-0.2, -0.15) is 5.10 Å². The molecule has 2 rings (SSSR count). The Hall–Kier alpha value is -1.90. The molecule has 3 heteroatoms. The molecule has 0 amide bonds. The molecule has 0 aliphatic carbocycles. The van der Waals surface area contributed by atoms with Gasteiger partial charge in [0.25, 0.3) is 0 Å². The van der Waals surface area contributed by atoms with Crippen molar-refractivity contribution in [2.24, 2.45) is 0 Å². The molecule has 1 heterocycles. The Kier molecular flexibility index (Phi) is 4.90. The SMILES string of the molecule is CCc1ccc(CCOc2ccc(CC)nn2)cc1. The summed E-state index contributed by atoms with van der Waals surface area (Å²) in [6.07, 6.45) is 2.87. The molecule has 0 N–H and O–H groups in total. The zero-order valence-corrected chi connectivity index (χ0v) is 11.6. The van der Waals surface area contributed by atoms with Gasteiger partial charge in [0.05, 0.1) is 12.3 Å². The van der Waals surface area contributed by atoms with Crippen molar-refractivity contribution < 1.29 is 4.74 Å². The zero-order chi connectivity index (χ0) is 13.5. The second-order valence-corrected chi connectivity index (χ2v) is 4.48. The van der Waals surface area contributed by atoms with Gasteiger partial charge in [-0.3, -0.25) is 0 Å². The first-order valence-electron chi connectivity index (χ1n) is 6.85. The van der Waals surface area contributed by atoms with Crippen LogP contribution in [0, 0.1) is 0 Å². The molecular weight excluding hydrogens is 236 g/mol. The van der Waals surface area contributed by atoms with Crippen molar-refractivity contribution in [3.63, 3.8) is 0 Å². The maximum atomic E-state index is 5.59. The predicted octanol–water partition coefficient (Wildman–Crippen LogP) is 3.22. The first kappa shape index (κ1) is 13.5. The molecule has 2 aromatic rings. The molecule has 100 valence electrons. The van der Waals surface area contributed by atoms with E-state index in [0.29, 0.717) is 12.5 Å². The first-order valence-corrected chi connectivity index (χ1v) is 6.85. The fourth-order valence-electron chi connectivity index (χ4n) is 1.83. The summed E-state index contributed by atoms with van der Waals surface area (Å²) in [5, 5.41) is 8.11. The van der Waals surface area contributed by atoms with Crippen LogP contribution in [-0.4, -0.2) is 16.8 Å². The molecule has 0 saturated heterocycles. The van der Waals surface area contributed by atoms with Crippen LogP contribution in [0.2, 0.25) is 0 Å². The van der Waals surface area contributed by atoms with E-state index in [-0.39, 0.29) is 0 Å². The van der Waals surface area contributed by atoms with Crippen molar-refractivity contribution in [1.29, 1.82) is 0 Å². The van der Waals surface area contributed by atoms with Gasteiger partial charge in [0.2, 0.25) is 5.88 Å². The van der Waals surface area contributed by atoms with Gasteiger partial charge < -0.3 is 4.74 Å². The average Bonchev–Trinajstić information content (AvgIpc) is 2.49. The minimum atomic E-state index is 0.599. The van der Waals surface area contributed by atoms with E-state index in [4.69, 9.17) is 4.74 Å². The van der Waals surface area contributed by atoms with Crippen LogP contribution in [0.3, 0.4) is 0 Å². The first-order chi connectivity index (χ1) is 9.31. The maximum Gasteiger partial charge on any atom is 0.233 e. The Bertz CT molecular complexity index is 444. The van der Waals surface area contributed by atoms with E-state index < -0.39 is 0 Å². The van der Waals surface area contributed by atoms with Crippen LogP contribution in [0.15, 0.2) is 36.4 Å². The summed E-state index contributed by atoms with van der Waals surface area (Å²) in [5.74, 6) is 0.599. The number of ether oxygens (including phenoxy) is 1. The van der Waals surface area contributed by atoms with Crippen LogP contribution in [0.25, 0.3) is 0 Å². The topological polar surface area (TPSA) is 35.0 Å². The van der Waals surface area contributed by atoms with Gasteiger partial charge in [-0.25, -0.2) is 0 Å². The summed E-state index contributed by atoms with van der Waals surface area (Å²) in [5.41, 5.74) is 3.64. The average molecular weight is 256 g/mol. The van der Waals surface area contributed by atoms with Crippen molar-refractivity contribution in [2.45, 2.75) is 33.1 Å². The zero-order valence-electron chi connectivity index (χ0n) is 11.6. The number of hydrogen-bond donors (Lipinski definition) is 0. The van der Waals surface area contributed by atoms with E-state index in [1.807, 2.05) is 12.1 Å². The maximum absolute atomic E-state index is 5.59. The smallest absolute Gasteiger partial charge is 0.233 e. The van der Waals surface area contributed by atoms with E-state index in [1.54, 1.807) is 0 Å². The summed E-state index contributed by atoms with van der Waals surface area (Å²) >= 11 is 0. The molecule has 3 nitrogen and oxygen atoms in total. The molecule has 0 spiro atoms. The molecule has 0 aliphatic heterocycles. The molecule has 0 unspecified atom stereocenters. The monoisotopic (exact) mass is 256 g/mol. The number of aromatic nitrogens is 2. The third-order valence-corrected chi connectivity index (χ3v) is 3.13. The quantitative estimate of drug-likeness (QED) is 0.796. The highest BCUT2D eigenvalue weighted by Gasteiger charge is 1.98. The Morgan fingerprint density at radius 2 is 1.58 bits per heavy atom. The summed E-state index contributed by atoms with van der Waals surface area (Å²) in [7, 11) is 0. The Morgan fingerprint density at radius 3 is 2.16 bits per heavy atom. The number of nitrogens with zero attached hydrogens (tertiary/aromatic N) is 2. The van der Waals surface area contributed by atoms with Gasteiger partial charge in [-0.15, -0.1) is 5.10 Å². The Morgan fingerprint density at radius 1 is 0.842 bits per heavy atom. The van der Waals surface area contributed by atoms with E-state index >= 15 is 0 Å². The van der Waals surface area contributed by atoms with Crippen LogP contribution >= 0.6 is 0 Å². The lowest BCUT2D eigenvalue weighted by Crippen LogP contribution is -2.04. The van der Waals surface area contributed by atoms with Crippen molar-refractivity contribution in [1.82, 2.24) is 10.2 Å². The largest absolute Gasteiger partial charge is 0.476 e. The van der Waals surface area contributed by atoms with E-state index in [9.17, 15) is 0 Å². The third kappa shape index (κ3) is 4.05. The minimum absolute atomic E-state index is 0.599. The molecule has 1 aromatic carbocycles. The summed E-state index contributed by atoms with van der Waals surface area (Å²) < 4.78 is 5.59. The lowest BCUT2D eigenvalue weighted by Gasteiger charge is -2.05.